The van der Waals surface area contributed by atoms with Gasteiger partial charge in [-0.05, 0) is 18.9 Å². The number of nitro groups is 1. The molecule has 16 heavy (non-hydrogen) atoms. The Hall–Kier alpha value is -1.49. The molecule has 1 heterocycles. The number of nitro benzene ring substituents is 1. The van der Waals surface area contributed by atoms with E-state index >= 15 is 0 Å². The van der Waals surface area contributed by atoms with Gasteiger partial charge in [0, 0.05) is 19.2 Å². The summed E-state index contributed by atoms with van der Waals surface area (Å²) in [5.41, 5.74) is 0.656. The average Bonchev–Trinajstić information content (AvgIpc) is 2.81. The summed E-state index contributed by atoms with van der Waals surface area (Å²) < 4.78 is 0. The first-order chi connectivity index (χ1) is 7.70. The van der Waals surface area contributed by atoms with Gasteiger partial charge in [-0.2, -0.15) is 0 Å². The van der Waals surface area contributed by atoms with Gasteiger partial charge < -0.3 is 4.90 Å². The molecule has 0 atom stereocenters. The zero-order valence-electron chi connectivity index (χ0n) is 8.76. The number of hydrogen-bond acceptors (Lipinski definition) is 3. The normalized spacial score (nSPS) is 15.1. The van der Waals surface area contributed by atoms with E-state index in [2.05, 4.69) is 0 Å². The van der Waals surface area contributed by atoms with Crippen LogP contribution in [0.2, 0.25) is 0 Å². The van der Waals surface area contributed by atoms with E-state index in [1.54, 1.807) is 18.2 Å². The van der Waals surface area contributed by atoms with Gasteiger partial charge in [-0.3, -0.25) is 10.1 Å². The van der Waals surface area contributed by atoms with Gasteiger partial charge in [0.05, 0.1) is 10.5 Å². The highest BCUT2D eigenvalue weighted by molar-refractivity contribution is 7.80. The molecule has 1 aromatic rings. The third-order valence-corrected chi connectivity index (χ3v) is 3.20. The van der Waals surface area contributed by atoms with Crippen molar-refractivity contribution >= 4 is 22.9 Å². The molecule has 1 saturated heterocycles. The standard InChI is InChI=1S/C11H12N2O2S/c14-13(15)10-6-2-1-5-9(10)11(16)12-7-3-4-8-12/h1-2,5-6H,3-4,7-8H2. The lowest BCUT2D eigenvalue weighted by atomic mass is 10.1. The topological polar surface area (TPSA) is 46.4 Å². The Kier molecular flexibility index (Phi) is 3.14. The largest absolute Gasteiger partial charge is 0.362 e. The molecule has 0 radical (unpaired) electrons. The molecule has 0 saturated carbocycles. The molecule has 1 fully saturated rings. The predicted octanol–water partition coefficient (Wildman–Crippen LogP) is 2.37. The molecule has 0 spiro atoms. The Bertz CT molecular complexity index is 428. The van der Waals surface area contributed by atoms with E-state index in [0.717, 1.165) is 25.9 Å². The molecule has 4 nitrogen and oxygen atoms in total. The van der Waals surface area contributed by atoms with Crippen LogP contribution in [-0.2, 0) is 0 Å². The Morgan fingerprint density at radius 2 is 1.94 bits per heavy atom. The van der Waals surface area contributed by atoms with Crippen LogP contribution in [0.4, 0.5) is 5.69 Å². The summed E-state index contributed by atoms with van der Waals surface area (Å²) in [4.78, 5) is 13.1. The van der Waals surface area contributed by atoms with E-state index < -0.39 is 0 Å². The first-order valence-corrected chi connectivity index (χ1v) is 5.63. The number of rotatable bonds is 2. The Balaban J connectivity index is 2.32. The molecule has 0 aliphatic carbocycles. The number of thiocarbonyl (C=S) groups is 1. The Labute approximate surface area is 99.0 Å². The fourth-order valence-electron chi connectivity index (χ4n) is 1.90. The predicted molar refractivity (Wildman–Crippen MR) is 65.6 cm³/mol. The number of hydrogen-bond donors (Lipinski definition) is 0. The SMILES string of the molecule is O=[N+]([O-])c1ccccc1C(=S)N1CCCC1. The quantitative estimate of drug-likeness (QED) is 0.449. The fraction of sp³-hybridized carbons (Fsp3) is 0.364. The molecule has 0 N–H and O–H groups in total. The van der Waals surface area contributed by atoms with Gasteiger partial charge in [0.2, 0.25) is 0 Å². The highest BCUT2D eigenvalue weighted by atomic mass is 32.1. The van der Waals surface area contributed by atoms with Gasteiger partial charge in [0.25, 0.3) is 5.69 Å². The van der Waals surface area contributed by atoms with Crippen molar-refractivity contribution < 1.29 is 4.92 Å². The summed E-state index contributed by atoms with van der Waals surface area (Å²) in [5, 5.41) is 10.9. The van der Waals surface area contributed by atoms with Crippen LogP contribution >= 0.6 is 12.2 Å². The second-order valence-corrected chi connectivity index (χ2v) is 4.16. The molecule has 5 heteroatoms. The maximum absolute atomic E-state index is 10.9. The van der Waals surface area contributed by atoms with Crippen molar-refractivity contribution in [1.82, 2.24) is 4.90 Å². The third-order valence-electron chi connectivity index (χ3n) is 2.72. The maximum atomic E-state index is 10.9. The van der Waals surface area contributed by atoms with Crippen LogP contribution in [0.25, 0.3) is 0 Å². The summed E-state index contributed by atoms with van der Waals surface area (Å²) in [6, 6.07) is 6.66. The summed E-state index contributed by atoms with van der Waals surface area (Å²) >= 11 is 5.31. The van der Waals surface area contributed by atoms with Crippen molar-refractivity contribution in [3.8, 4) is 0 Å². The second kappa shape index (κ2) is 4.57. The molecule has 0 aromatic heterocycles. The highest BCUT2D eigenvalue weighted by Gasteiger charge is 2.22. The Morgan fingerprint density at radius 3 is 2.56 bits per heavy atom. The fourth-order valence-corrected chi connectivity index (χ4v) is 2.26. The van der Waals surface area contributed by atoms with Gasteiger partial charge in [0.15, 0.2) is 0 Å². The minimum atomic E-state index is -0.377. The zero-order valence-corrected chi connectivity index (χ0v) is 9.57. The lowest BCUT2D eigenvalue weighted by Gasteiger charge is -2.18. The number of para-hydroxylation sites is 1. The molecule has 84 valence electrons. The average molecular weight is 236 g/mol. The van der Waals surface area contributed by atoms with E-state index in [9.17, 15) is 10.1 Å². The van der Waals surface area contributed by atoms with Gasteiger partial charge in [0.1, 0.15) is 4.99 Å². The summed E-state index contributed by atoms with van der Waals surface area (Å²) in [6.07, 6.45) is 2.22. The molecular weight excluding hydrogens is 224 g/mol. The third kappa shape index (κ3) is 2.04. The minimum absolute atomic E-state index is 0.0967. The molecule has 2 rings (SSSR count). The number of benzene rings is 1. The van der Waals surface area contributed by atoms with Crippen molar-refractivity contribution in [2.45, 2.75) is 12.8 Å². The summed E-state index contributed by atoms with van der Waals surface area (Å²) in [7, 11) is 0. The first kappa shape index (κ1) is 11.0. The van der Waals surface area contributed by atoms with Crippen LogP contribution in [0.3, 0.4) is 0 Å². The highest BCUT2D eigenvalue weighted by Crippen LogP contribution is 2.22. The van der Waals surface area contributed by atoms with Crippen LogP contribution in [0.1, 0.15) is 18.4 Å². The Morgan fingerprint density at radius 1 is 1.31 bits per heavy atom. The van der Waals surface area contributed by atoms with Crippen molar-refractivity contribution in [3.05, 3.63) is 39.9 Å². The minimum Gasteiger partial charge on any atom is -0.362 e. The van der Waals surface area contributed by atoms with Crippen LogP contribution in [0.5, 0.6) is 0 Å². The van der Waals surface area contributed by atoms with Gasteiger partial charge >= 0.3 is 0 Å². The first-order valence-electron chi connectivity index (χ1n) is 5.23. The molecule has 0 bridgehead atoms. The molecule has 0 unspecified atom stereocenters. The molecule has 1 aromatic carbocycles. The maximum Gasteiger partial charge on any atom is 0.279 e. The van der Waals surface area contributed by atoms with Crippen molar-refractivity contribution in [2.75, 3.05) is 13.1 Å². The van der Waals surface area contributed by atoms with E-state index in [0.29, 0.717) is 10.6 Å². The lowest BCUT2D eigenvalue weighted by molar-refractivity contribution is -0.385. The van der Waals surface area contributed by atoms with Gasteiger partial charge in [-0.25, -0.2) is 0 Å². The number of likely N-dealkylation sites (tertiary alicyclic amines) is 1. The van der Waals surface area contributed by atoms with E-state index in [1.807, 2.05) is 4.90 Å². The van der Waals surface area contributed by atoms with Crippen molar-refractivity contribution in [3.63, 3.8) is 0 Å². The molecule has 0 amide bonds. The van der Waals surface area contributed by atoms with Crippen LogP contribution < -0.4 is 0 Å². The van der Waals surface area contributed by atoms with Crippen LogP contribution in [-0.4, -0.2) is 27.9 Å². The van der Waals surface area contributed by atoms with E-state index in [-0.39, 0.29) is 10.6 Å². The summed E-state index contributed by atoms with van der Waals surface area (Å²) in [5.74, 6) is 0. The zero-order chi connectivity index (χ0) is 11.5. The molecule has 1 aliphatic rings. The van der Waals surface area contributed by atoms with Crippen LogP contribution in [0, 0.1) is 10.1 Å². The summed E-state index contributed by atoms with van der Waals surface area (Å²) in [6.45, 7) is 1.82. The smallest absolute Gasteiger partial charge is 0.279 e. The molecular formula is C11H12N2O2S. The van der Waals surface area contributed by atoms with Crippen LogP contribution in [0.15, 0.2) is 24.3 Å². The number of nitrogens with zero attached hydrogens (tertiary/aromatic N) is 2. The second-order valence-electron chi connectivity index (χ2n) is 3.77. The van der Waals surface area contributed by atoms with Crippen molar-refractivity contribution in [2.24, 2.45) is 0 Å². The lowest BCUT2D eigenvalue weighted by Crippen LogP contribution is -2.27. The van der Waals surface area contributed by atoms with E-state index in [1.165, 1.54) is 6.07 Å². The van der Waals surface area contributed by atoms with E-state index in [4.69, 9.17) is 12.2 Å². The van der Waals surface area contributed by atoms with Gasteiger partial charge in [-0.1, -0.05) is 24.4 Å². The van der Waals surface area contributed by atoms with Crippen molar-refractivity contribution in [1.29, 1.82) is 0 Å². The van der Waals surface area contributed by atoms with Gasteiger partial charge in [-0.15, -0.1) is 0 Å². The molecule has 1 aliphatic heterocycles. The monoisotopic (exact) mass is 236 g/mol.